The number of phosphoric acid groups is 1. The fourth-order valence-electron chi connectivity index (χ4n) is 3.17. The molecule has 30 heavy (non-hydrogen) atoms. The smallest absolute Gasteiger partial charge is 0.456 e. The summed E-state index contributed by atoms with van der Waals surface area (Å²) >= 11 is 0. The second kappa shape index (κ2) is 9.22. The zero-order valence-corrected chi connectivity index (χ0v) is 19.1. The van der Waals surface area contributed by atoms with Crippen molar-refractivity contribution in [3.63, 3.8) is 0 Å². The summed E-state index contributed by atoms with van der Waals surface area (Å²) in [6, 6.07) is 19.6. The van der Waals surface area contributed by atoms with Crippen LogP contribution in [0, 0.1) is 0 Å². The lowest BCUT2D eigenvalue weighted by molar-refractivity contribution is 0.166. The van der Waals surface area contributed by atoms with Crippen molar-refractivity contribution >= 4 is 7.82 Å². The normalized spacial score (nSPS) is 12.2. The second-order valence-electron chi connectivity index (χ2n) is 7.82. The minimum Gasteiger partial charge on any atom is -0.456 e. The van der Waals surface area contributed by atoms with Gasteiger partial charge in [0.2, 0.25) is 0 Å². The van der Waals surface area contributed by atoms with Crippen LogP contribution in [-0.2, 0) is 19.0 Å². The van der Waals surface area contributed by atoms with E-state index in [1.165, 1.54) is 0 Å². The van der Waals surface area contributed by atoms with E-state index in [9.17, 15) is 4.57 Å². The Morgan fingerprint density at radius 1 is 0.833 bits per heavy atom. The van der Waals surface area contributed by atoms with Crippen LogP contribution in [0.5, 0.6) is 5.75 Å². The first-order chi connectivity index (χ1) is 14.3. The van der Waals surface area contributed by atoms with Gasteiger partial charge in [-0.2, -0.15) is 0 Å². The van der Waals surface area contributed by atoms with Gasteiger partial charge in [0.25, 0.3) is 0 Å². The molecule has 5 nitrogen and oxygen atoms in total. The van der Waals surface area contributed by atoms with Gasteiger partial charge in [0.15, 0.2) is 11.5 Å². The Morgan fingerprint density at radius 3 is 1.80 bits per heavy atom. The van der Waals surface area contributed by atoms with Crippen LogP contribution in [0.1, 0.15) is 40.4 Å². The van der Waals surface area contributed by atoms with Crippen molar-refractivity contribution in [2.24, 2.45) is 0 Å². The summed E-state index contributed by atoms with van der Waals surface area (Å²) in [4.78, 5) is 0. The molecular formula is C24H29O5P. The van der Waals surface area contributed by atoms with Gasteiger partial charge in [0.05, 0.1) is 18.8 Å². The molecule has 0 bridgehead atoms. The summed E-state index contributed by atoms with van der Waals surface area (Å²) in [7, 11) is -3.82. The summed E-state index contributed by atoms with van der Waals surface area (Å²) in [5, 5.41) is 0. The highest BCUT2D eigenvalue weighted by Crippen LogP contribution is 2.56. The van der Waals surface area contributed by atoms with E-state index >= 15 is 0 Å². The Balaban J connectivity index is 2.30. The van der Waals surface area contributed by atoms with Crippen molar-refractivity contribution in [1.29, 1.82) is 0 Å². The Kier molecular flexibility index (Phi) is 6.87. The van der Waals surface area contributed by atoms with Crippen LogP contribution < -0.4 is 4.52 Å². The second-order valence-corrected chi connectivity index (χ2v) is 9.41. The predicted octanol–water partition coefficient (Wildman–Crippen LogP) is 7.47. The molecule has 1 aromatic heterocycles. The number of benzene rings is 2. The third-order valence-corrected chi connectivity index (χ3v) is 5.98. The SMILES string of the molecule is CCOP(=O)(OCC)Oc1c(C(C)(C)C)oc(-c2ccccc2)c1-c1ccccc1. The van der Waals surface area contributed by atoms with Gasteiger partial charge in [-0.15, -0.1) is 0 Å². The maximum Gasteiger partial charge on any atom is 0.530 e. The largest absolute Gasteiger partial charge is 0.530 e. The van der Waals surface area contributed by atoms with Crippen LogP contribution in [-0.4, -0.2) is 13.2 Å². The summed E-state index contributed by atoms with van der Waals surface area (Å²) in [5.41, 5.74) is 2.12. The molecule has 6 heteroatoms. The first kappa shape index (κ1) is 22.4. The van der Waals surface area contributed by atoms with Gasteiger partial charge in [0.1, 0.15) is 5.76 Å². The molecule has 160 valence electrons. The van der Waals surface area contributed by atoms with Gasteiger partial charge in [-0.1, -0.05) is 81.4 Å². The van der Waals surface area contributed by atoms with Crippen LogP contribution in [0.3, 0.4) is 0 Å². The molecule has 0 N–H and O–H groups in total. The van der Waals surface area contributed by atoms with Crippen LogP contribution in [0.25, 0.3) is 22.5 Å². The van der Waals surface area contributed by atoms with Crippen LogP contribution >= 0.6 is 7.82 Å². The number of hydrogen-bond donors (Lipinski definition) is 0. The van der Waals surface area contributed by atoms with E-state index in [4.69, 9.17) is 18.0 Å². The molecule has 0 aliphatic carbocycles. The van der Waals surface area contributed by atoms with Crippen LogP contribution in [0.4, 0.5) is 0 Å². The molecule has 0 atom stereocenters. The molecule has 1 heterocycles. The van der Waals surface area contributed by atoms with E-state index in [-0.39, 0.29) is 13.2 Å². The standard InChI is InChI=1S/C24H29O5P/c1-6-26-30(25,27-7-2)29-22-20(18-14-10-8-11-15-18)21(19-16-12-9-13-17-19)28-23(22)24(3,4)5/h8-17H,6-7H2,1-5H3. The molecule has 0 spiro atoms. The Labute approximate surface area is 178 Å². The average Bonchev–Trinajstić information content (AvgIpc) is 3.09. The van der Waals surface area contributed by atoms with Gasteiger partial charge < -0.3 is 8.94 Å². The Morgan fingerprint density at radius 2 is 1.33 bits per heavy atom. The molecule has 0 saturated heterocycles. The lowest BCUT2D eigenvalue weighted by Gasteiger charge is -2.21. The van der Waals surface area contributed by atoms with Crippen LogP contribution in [0.15, 0.2) is 65.1 Å². The molecule has 0 unspecified atom stereocenters. The van der Waals surface area contributed by atoms with E-state index in [0.29, 0.717) is 17.3 Å². The molecule has 0 aliphatic rings. The summed E-state index contributed by atoms with van der Waals surface area (Å²) in [6.07, 6.45) is 0. The minimum atomic E-state index is -3.82. The maximum absolute atomic E-state index is 13.3. The molecule has 0 amide bonds. The lowest BCUT2D eigenvalue weighted by Crippen LogP contribution is -2.12. The third kappa shape index (κ3) is 4.86. The zero-order chi connectivity index (χ0) is 21.8. The maximum atomic E-state index is 13.3. The number of phosphoric ester groups is 1. The first-order valence-corrected chi connectivity index (χ1v) is 11.6. The Bertz CT molecular complexity index is 993. The zero-order valence-electron chi connectivity index (χ0n) is 18.2. The molecule has 3 aromatic rings. The van der Waals surface area contributed by atoms with E-state index < -0.39 is 13.2 Å². The summed E-state index contributed by atoms with van der Waals surface area (Å²) in [6.45, 7) is 9.97. The molecule has 0 fully saturated rings. The van der Waals surface area contributed by atoms with E-state index in [1.54, 1.807) is 13.8 Å². The topological polar surface area (TPSA) is 57.9 Å². The fraction of sp³-hybridized carbons (Fsp3) is 0.333. The lowest BCUT2D eigenvalue weighted by atomic mass is 9.91. The van der Waals surface area contributed by atoms with Crippen molar-refractivity contribution in [2.45, 2.75) is 40.0 Å². The van der Waals surface area contributed by atoms with E-state index in [0.717, 1.165) is 16.7 Å². The number of hydrogen-bond acceptors (Lipinski definition) is 5. The highest BCUT2D eigenvalue weighted by Gasteiger charge is 2.37. The summed E-state index contributed by atoms with van der Waals surface area (Å²) < 4.78 is 36.6. The molecule has 0 aliphatic heterocycles. The monoisotopic (exact) mass is 428 g/mol. The van der Waals surface area contributed by atoms with Crippen molar-refractivity contribution in [1.82, 2.24) is 0 Å². The minimum absolute atomic E-state index is 0.201. The highest BCUT2D eigenvalue weighted by atomic mass is 31.2. The molecule has 2 aromatic carbocycles. The molecular weight excluding hydrogens is 399 g/mol. The van der Waals surface area contributed by atoms with Crippen molar-refractivity contribution < 1.29 is 22.6 Å². The molecule has 0 radical (unpaired) electrons. The molecule has 0 saturated carbocycles. The number of furan rings is 1. The fourth-order valence-corrected chi connectivity index (χ4v) is 4.38. The predicted molar refractivity (Wildman–Crippen MR) is 120 cm³/mol. The third-order valence-electron chi connectivity index (χ3n) is 4.42. The van der Waals surface area contributed by atoms with Crippen molar-refractivity contribution in [3.05, 3.63) is 66.4 Å². The first-order valence-electron chi connectivity index (χ1n) is 10.2. The number of rotatable bonds is 8. The summed E-state index contributed by atoms with van der Waals surface area (Å²) in [5.74, 6) is 1.62. The quantitative estimate of drug-likeness (QED) is 0.348. The molecule has 3 rings (SSSR count). The van der Waals surface area contributed by atoms with Gasteiger partial charge in [-0.05, 0) is 19.4 Å². The van der Waals surface area contributed by atoms with Gasteiger partial charge in [-0.3, -0.25) is 9.05 Å². The van der Waals surface area contributed by atoms with Gasteiger partial charge >= 0.3 is 7.82 Å². The van der Waals surface area contributed by atoms with Crippen molar-refractivity contribution in [3.8, 4) is 28.2 Å². The highest BCUT2D eigenvalue weighted by molar-refractivity contribution is 7.48. The van der Waals surface area contributed by atoms with Crippen molar-refractivity contribution in [2.75, 3.05) is 13.2 Å². The Hall–Kier alpha value is -2.33. The van der Waals surface area contributed by atoms with E-state index in [1.807, 2.05) is 81.4 Å². The van der Waals surface area contributed by atoms with E-state index in [2.05, 4.69) is 0 Å². The average molecular weight is 428 g/mol. The van der Waals surface area contributed by atoms with Gasteiger partial charge in [-0.25, -0.2) is 4.57 Å². The van der Waals surface area contributed by atoms with Gasteiger partial charge in [0, 0.05) is 11.0 Å². The van der Waals surface area contributed by atoms with Crippen LogP contribution in [0.2, 0.25) is 0 Å².